The van der Waals surface area contributed by atoms with Gasteiger partial charge < -0.3 is 24.8 Å². The van der Waals surface area contributed by atoms with Crippen LogP contribution in [0, 0.1) is 0 Å². The van der Waals surface area contributed by atoms with Gasteiger partial charge in [0.15, 0.2) is 0 Å². The molecule has 0 radical (unpaired) electrons. The van der Waals surface area contributed by atoms with Gasteiger partial charge in [-0.1, -0.05) is 23.1 Å². The molecule has 0 saturated carbocycles. The second-order valence-corrected chi connectivity index (χ2v) is 8.12. The minimum Gasteiger partial charge on any atom is -1.00 e. The second kappa shape index (κ2) is 10.8. The molecule has 0 aliphatic heterocycles. The fraction of sp³-hybridized carbons (Fsp3) is 0.571. The SMILES string of the molecule is CC(C)(C)n1sccc1=O.CC(C)(C)n1sccc1=O.[Cl-].[Cl-].[Zn+2]. The minimum absolute atomic E-state index is 0. The van der Waals surface area contributed by atoms with Crippen molar-refractivity contribution in [3.05, 3.63) is 43.6 Å². The van der Waals surface area contributed by atoms with Gasteiger partial charge in [0.2, 0.25) is 0 Å². The molecule has 4 nitrogen and oxygen atoms in total. The van der Waals surface area contributed by atoms with Crippen LogP contribution in [0.4, 0.5) is 0 Å². The molecule has 0 unspecified atom stereocenters. The molecule has 2 aromatic heterocycles. The van der Waals surface area contributed by atoms with Crippen LogP contribution < -0.4 is 35.9 Å². The fourth-order valence-electron chi connectivity index (χ4n) is 1.52. The number of rotatable bonds is 0. The van der Waals surface area contributed by atoms with Crippen LogP contribution in [0.3, 0.4) is 0 Å². The topological polar surface area (TPSA) is 44.0 Å². The van der Waals surface area contributed by atoms with E-state index in [1.54, 1.807) is 20.0 Å². The summed E-state index contributed by atoms with van der Waals surface area (Å²) < 4.78 is 3.51. The van der Waals surface area contributed by atoms with E-state index in [4.69, 9.17) is 0 Å². The van der Waals surface area contributed by atoms with Gasteiger partial charge in [-0.05, 0) is 41.5 Å². The van der Waals surface area contributed by atoms with Crippen LogP contribution in [-0.4, -0.2) is 7.91 Å². The van der Waals surface area contributed by atoms with Gasteiger partial charge in [-0.2, -0.15) is 0 Å². The molecule has 128 valence electrons. The van der Waals surface area contributed by atoms with Gasteiger partial charge in [0.05, 0.1) is 11.1 Å². The molecule has 9 heteroatoms. The number of hydrogen-bond acceptors (Lipinski definition) is 4. The molecule has 0 fully saturated rings. The Morgan fingerprint density at radius 3 is 1.09 bits per heavy atom. The second-order valence-electron chi connectivity index (χ2n) is 6.42. The van der Waals surface area contributed by atoms with Crippen molar-refractivity contribution in [1.82, 2.24) is 7.91 Å². The predicted octanol–water partition coefficient (Wildman–Crippen LogP) is -2.66. The van der Waals surface area contributed by atoms with Crippen LogP contribution in [0.5, 0.6) is 0 Å². The molecule has 0 saturated heterocycles. The van der Waals surface area contributed by atoms with Crippen molar-refractivity contribution in [2.45, 2.75) is 52.6 Å². The summed E-state index contributed by atoms with van der Waals surface area (Å²) in [6, 6.07) is 3.19. The molecule has 2 heterocycles. The van der Waals surface area contributed by atoms with Gasteiger partial charge in [-0.25, -0.2) is 0 Å². The Labute approximate surface area is 170 Å². The normalized spacial score (nSPS) is 10.3. The van der Waals surface area contributed by atoms with Crippen molar-refractivity contribution in [3.63, 3.8) is 0 Å². The number of halogens is 2. The van der Waals surface area contributed by atoms with E-state index >= 15 is 0 Å². The van der Waals surface area contributed by atoms with Gasteiger partial charge in [0, 0.05) is 22.9 Å². The van der Waals surface area contributed by atoms with Crippen molar-refractivity contribution < 1.29 is 44.3 Å². The first-order valence-corrected chi connectivity index (χ1v) is 8.06. The third-order valence-electron chi connectivity index (χ3n) is 2.37. The van der Waals surface area contributed by atoms with Crippen molar-refractivity contribution in [3.8, 4) is 0 Å². The first-order valence-electron chi connectivity index (χ1n) is 6.38. The number of aromatic nitrogens is 2. The molecule has 0 bridgehead atoms. The Balaban J connectivity index is -0.000000308. The van der Waals surface area contributed by atoms with E-state index in [9.17, 15) is 9.59 Å². The first kappa shape index (κ1) is 27.9. The quantitative estimate of drug-likeness (QED) is 0.411. The molecular weight excluding hydrogens is 429 g/mol. The summed E-state index contributed by atoms with van der Waals surface area (Å²) in [6.07, 6.45) is 0. The number of nitrogens with zero attached hydrogens (tertiary/aromatic N) is 2. The minimum atomic E-state index is -0.0642. The van der Waals surface area contributed by atoms with Crippen LogP contribution in [-0.2, 0) is 30.6 Å². The summed E-state index contributed by atoms with van der Waals surface area (Å²) in [4.78, 5) is 22.1. The van der Waals surface area contributed by atoms with Gasteiger partial charge in [-0.3, -0.25) is 17.5 Å². The molecule has 23 heavy (non-hydrogen) atoms. The Morgan fingerprint density at radius 2 is 1.00 bits per heavy atom. The summed E-state index contributed by atoms with van der Waals surface area (Å²) in [5.41, 5.74) is 0.0613. The van der Waals surface area contributed by atoms with Gasteiger partial charge in [0.25, 0.3) is 11.1 Å². The molecular formula is C14H22Cl2N2O2S2Zn. The van der Waals surface area contributed by atoms with Crippen molar-refractivity contribution in [2.75, 3.05) is 0 Å². The summed E-state index contributed by atoms with van der Waals surface area (Å²) in [6.45, 7) is 12.1. The third-order valence-corrected chi connectivity index (χ3v) is 4.77. The summed E-state index contributed by atoms with van der Waals surface area (Å²) >= 11 is 2.92. The summed E-state index contributed by atoms with van der Waals surface area (Å²) in [7, 11) is 0. The van der Waals surface area contributed by atoms with E-state index in [1.807, 2.05) is 52.3 Å². The van der Waals surface area contributed by atoms with E-state index in [-0.39, 0.29) is 66.5 Å². The molecule has 0 atom stereocenters. The largest absolute Gasteiger partial charge is 2.00 e. The Kier molecular flexibility index (Phi) is 13.1. The average molecular weight is 451 g/mol. The Morgan fingerprint density at radius 1 is 0.739 bits per heavy atom. The molecule has 0 N–H and O–H groups in total. The van der Waals surface area contributed by atoms with Crippen LogP contribution in [0.15, 0.2) is 32.5 Å². The zero-order valence-electron chi connectivity index (χ0n) is 14.3. The van der Waals surface area contributed by atoms with E-state index in [0.717, 1.165) is 0 Å². The van der Waals surface area contributed by atoms with Crippen molar-refractivity contribution >= 4 is 23.1 Å². The van der Waals surface area contributed by atoms with Gasteiger partial charge in [-0.15, -0.1) is 0 Å². The third kappa shape index (κ3) is 8.64. The average Bonchev–Trinajstić information content (AvgIpc) is 2.85. The molecule has 0 amide bonds. The zero-order chi connectivity index (χ0) is 15.6. The molecule has 2 rings (SSSR count). The summed E-state index contributed by atoms with van der Waals surface area (Å²) in [5, 5.41) is 3.63. The zero-order valence-corrected chi connectivity index (χ0v) is 20.4. The van der Waals surface area contributed by atoms with Crippen molar-refractivity contribution in [2.24, 2.45) is 0 Å². The maximum Gasteiger partial charge on any atom is 2.00 e. The standard InChI is InChI=1S/2C7H11NOS.2ClH.Zn/c2*1-7(2,3)8-6(9)4-5-10-8;;;/h2*4-5H,1-3H3;2*1H;/q;;;;+2/p-2. The van der Waals surface area contributed by atoms with Crippen molar-refractivity contribution in [1.29, 1.82) is 0 Å². The molecule has 0 aliphatic rings. The van der Waals surface area contributed by atoms with E-state index < -0.39 is 0 Å². The molecule has 0 aromatic carbocycles. The summed E-state index contributed by atoms with van der Waals surface area (Å²) in [5.74, 6) is 0. The van der Waals surface area contributed by atoms with E-state index in [2.05, 4.69) is 0 Å². The van der Waals surface area contributed by atoms with Gasteiger partial charge >= 0.3 is 19.5 Å². The number of hydrogen-bond donors (Lipinski definition) is 0. The van der Waals surface area contributed by atoms with Crippen LogP contribution in [0.2, 0.25) is 0 Å². The van der Waals surface area contributed by atoms with Crippen LogP contribution >= 0.6 is 23.1 Å². The van der Waals surface area contributed by atoms with E-state index in [1.165, 1.54) is 23.1 Å². The fourth-order valence-corrected chi connectivity index (χ4v) is 3.08. The monoisotopic (exact) mass is 448 g/mol. The molecule has 2 aromatic rings. The maximum absolute atomic E-state index is 11.0. The van der Waals surface area contributed by atoms with E-state index in [0.29, 0.717) is 0 Å². The van der Waals surface area contributed by atoms with Crippen LogP contribution in [0.1, 0.15) is 41.5 Å². The molecule has 0 aliphatic carbocycles. The Hall–Kier alpha value is 0.0634. The smallest absolute Gasteiger partial charge is 1.00 e. The van der Waals surface area contributed by atoms with Crippen LogP contribution in [0.25, 0.3) is 0 Å². The van der Waals surface area contributed by atoms with Gasteiger partial charge in [0.1, 0.15) is 0 Å². The maximum atomic E-state index is 11.0. The molecule has 0 spiro atoms. The predicted molar refractivity (Wildman–Crippen MR) is 87.2 cm³/mol. The first-order chi connectivity index (χ1) is 9.03. The Bertz CT molecular complexity index is 605.